The largest absolute Gasteiger partial charge is 0.497 e. The van der Waals surface area contributed by atoms with Crippen molar-refractivity contribution in [3.8, 4) is 16.3 Å². The van der Waals surface area contributed by atoms with Gasteiger partial charge in [0, 0.05) is 28.2 Å². The van der Waals surface area contributed by atoms with E-state index in [0.717, 1.165) is 24.2 Å². The molecule has 1 heterocycles. The Morgan fingerprint density at radius 1 is 1.15 bits per heavy atom. The number of ether oxygens (including phenoxy) is 1. The van der Waals surface area contributed by atoms with Crippen LogP contribution in [0.1, 0.15) is 28.9 Å². The third kappa shape index (κ3) is 6.39. The van der Waals surface area contributed by atoms with E-state index in [-0.39, 0.29) is 17.7 Å². The van der Waals surface area contributed by atoms with Crippen LogP contribution in [0.2, 0.25) is 0 Å². The van der Waals surface area contributed by atoms with Crippen molar-refractivity contribution in [3.05, 3.63) is 65.2 Å². The molecule has 1 aliphatic rings. The van der Waals surface area contributed by atoms with Crippen LogP contribution in [-0.2, 0) is 20.4 Å². The highest BCUT2D eigenvalue weighted by Gasteiger charge is 2.24. The number of benzene rings is 2. The molecule has 1 fully saturated rings. The monoisotopic (exact) mass is 485 g/mol. The average molecular weight is 486 g/mol. The zero-order valence-electron chi connectivity index (χ0n) is 17.9. The van der Waals surface area contributed by atoms with Crippen molar-refractivity contribution in [3.63, 3.8) is 0 Å². The Bertz CT molecular complexity index is 1270. The molecule has 0 spiro atoms. The quantitative estimate of drug-likeness (QED) is 0.481. The molecule has 0 saturated heterocycles. The van der Waals surface area contributed by atoms with Gasteiger partial charge in [0.1, 0.15) is 16.5 Å². The third-order valence-corrected chi connectivity index (χ3v) is 7.31. The van der Waals surface area contributed by atoms with Gasteiger partial charge in [0.15, 0.2) is 9.84 Å². The number of aromatic nitrogens is 1. The SMILES string of the molecule is COc1ccc(-c2nc(CS(=O)(=O)CC(=O)Nc3cccc(C(=O)NC4CC4)c3)cs2)cc1. The molecular weight excluding hydrogens is 462 g/mol. The number of carbonyl (C=O) groups excluding carboxylic acids is 2. The Kier molecular flexibility index (Phi) is 6.75. The molecule has 1 aromatic heterocycles. The highest BCUT2D eigenvalue weighted by atomic mass is 32.2. The van der Waals surface area contributed by atoms with E-state index in [1.807, 2.05) is 24.3 Å². The van der Waals surface area contributed by atoms with E-state index in [9.17, 15) is 18.0 Å². The summed E-state index contributed by atoms with van der Waals surface area (Å²) in [6, 6.07) is 14.0. The molecule has 0 bridgehead atoms. The number of rotatable bonds is 9. The van der Waals surface area contributed by atoms with Gasteiger partial charge in [0.2, 0.25) is 5.91 Å². The topological polar surface area (TPSA) is 114 Å². The zero-order valence-corrected chi connectivity index (χ0v) is 19.5. The predicted octanol–water partition coefficient (Wildman–Crippen LogP) is 3.26. The molecular formula is C23H23N3O5S2. The van der Waals surface area contributed by atoms with Crippen LogP contribution in [0.15, 0.2) is 53.9 Å². The Labute approximate surface area is 195 Å². The Balaban J connectivity index is 1.35. The van der Waals surface area contributed by atoms with Crippen LogP contribution in [0.5, 0.6) is 5.75 Å². The predicted molar refractivity (Wildman–Crippen MR) is 127 cm³/mol. The van der Waals surface area contributed by atoms with Gasteiger partial charge >= 0.3 is 0 Å². The highest BCUT2D eigenvalue weighted by Crippen LogP contribution is 2.26. The van der Waals surface area contributed by atoms with Gasteiger partial charge < -0.3 is 15.4 Å². The van der Waals surface area contributed by atoms with Gasteiger partial charge in [-0.15, -0.1) is 11.3 Å². The van der Waals surface area contributed by atoms with Crippen molar-refractivity contribution in [2.75, 3.05) is 18.2 Å². The van der Waals surface area contributed by atoms with Gasteiger partial charge in [-0.2, -0.15) is 0 Å². The number of methoxy groups -OCH3 is 1. The Hall–Kier alpha value is -3.24. The summed E-state index contributed by atoms with van der Waals surface area (Å²) in [5, 5.41) is 7.80. The van der Waals surface area contributed by atoms with E-state index in [1.165, 1.54) is 17.4 Å². The van der Waals surface area contributed by atoms with Crippen LogP contribution < -0.4 is 15.4 Å². The molecule has 8 nitrogen and oxygen atoms in total. The lowest BCUT2D eigenvalue weighted by Crippen LogP contribution is -2.26. The van der Waals surface area contributed by atoms with Crippen molar-refractivity contribution in [2.45, 2.75) is 24.6 Å². The number of hydrogen-bond acceptors (Lipinski definition) is 7. The van der Waals surface area contributed by atoms with Crippen molar-refractivity contribution in [1.29, 1.82) is 0 Å². The smallest absolute Gasteiger partial charge is 0.251 e. The van der Waals surface area contributed by atoms with Gasteiger partial charge in [0.05, 0.1) is 18.6 Å². The Morgan fingerprint density at radius 3 is 2.61 bits per heavy atom. The fourth-order valence-electron chi connectivity index (χ4n) is 3.15. The molecule has 2 N–H and O–H groups in total. The summed E-state index contributed by atoms with van der Waals surface area (Å²) in [5.41, 5.74) is 2.02. The molecule has 0 unspecified atom stereocenters. The molecule has 3 aromatic rings. The number of nitrogens with zero attached hydrogens (tertiary/aromatic N) is 1. The summed E-state index contributed by atoms with van der Waals surface area (Å²) in [4.78, 5) is 28.9. The molecule has 1 aliphatic carbocycles. The van der Waals surface area contributed by atoms with Crippen LogP contribution in [0, 0.1) is 0 Å². The summed E-state index contributed by atoms with van der Waals surface area (Å²) in [6.45, 7) is 0. The number of nitrogens with one attached hydrogen (secondary N) is 2. The van der Waals surface area contributed by atoms with Crippen LogP contribution >= 0.6 is 11.3 Å². The van der Waals surface area contributed by atoms with Gasteiger partial charge in [-0.1, -0.05) is 6.07 Å². The fourth-order valence-corrected chi connectivity index (χ4v) is 5.25. The van der Waals surface area contributed by atoms with Gasteiger partial charge in [-0.05, 0) is 55.3 Å². The van der Waals surface area contributed by atoms with Crippen molar-refractivity contribution in [2.24, 2.45) is 0 Å². The number of anilines is 1. The zero-order chi connectivity index (χ0) is 23.4. The molecule has 0 radical (unpaired) electrons. The maximum absolute atomic E-state index is 12.6. The number of sulfone groups is 1. The highest BCUT2D eigenvalue weighted by molar-refractivity contribution is 7.91. The van der Waals surface area contributed by atoms with Crippen LogP contribution in [0.4, 0.5) is 5.69 Å². The van der Waals surface area contributed by atoms with Crippen LogP contribution in [-0.4, -0.2) is 44.1 Å². The molecule has 1 saturated carbocycles. The summed E-state index contributed by atoms with van der Waals surface area (Å²) >= 11 is 1.34. The average Bonchev–Trinajstić information content (AvgIpc) is 3.48. The van der Waals surface area contributed by atoms with Crippen molar-refractivity contribution < 1.29 is 22.7 Å². The number of hydrogen-bond donors (Lipinski definition) is 2. The second kappa shape index (κ2) is 9.72. The molecule has 2 aromatic carbocycles. The molecule has 33 heavy (non-hydrogen) atoms. The van der Waals surface area contributed by atoms with Crippen LogP contribution in [0.3, 0.4) is 0 Å². The van der Waals surface area contributed by atoms with Gasteiger partial charge in [0.25, 0.3) is 5.91 Å². The van der Waals surface area contributed by atoms with E-state index in [1.54, 1.807) is 30.7 Å². The van der Waals surface area contributed by atoms with Gasteiger partial charge in [-0.25, -0.2) is 13.4 Å². The first kappa shape index (κ1) is 22.9. The minimum atomic E-state index is -3.73. The Morgan fingerprint density at radius 2 is 1.91 bits per heavy atom. The maximum atomic E-state index is 12.6. The first-order valence-electron chi connectivity index (χ1n) is 10.3. The van der Waals surface area contributed by atoms with E-state index >= 15 is 0 Å². The minimum Gasteiger partial charge on any atom is -0.497 e. The molecule has 0 aliphatic heterocycles. The summed E-state index contributed by atoms with van der Waals surface area (Å²) < 4.78 is 30.3. The summed E-state index contributed by atoms with van der Waals surface area (Å²) in [5.74, 6) is -1.17. The molecule has 0 atom stereocenters. The number of thiazole rings is 1. The molecule has 10 heteroatoms. The lowest BCUT2D eigenvalue weighted by Gasteiger charge is -2.08. The minimum absolute atomic E-state index is 0.211. The lowest BCUT2D eigenvalue weighted by atomic mass is 10.2. The van der Waals surface area contributed by atoms with E-state index < -0.39 is 21.5 Å². The summed E-state index contributed by atoms with van der Waals surface area (Å²) in [6.07, 6.45) is 1.95. The van der Waals surface area contributed by atoms with E-state index in [4.69, 9.17) is 4.74 Å². The standard InChI is InChI=1S/C23H23N3O5S2/c1-31-20-9-5-15(6-10-20)23-26-19(12-32-23)13-33(29,30)14-21(27)24-18-4-2-3-16(11-18)22(28)25-17-7-8-17/h2-6,9-12,17H,7-8,13-14H2,1H3,(H,24,27)(H,25,28). The lowest BCUT2D eigenvalue weighted by molar-refractivity contribution is -0.113. The number of carbonyl (C=O) groups is 2. The van der Waals surface area contributed by atoms with Crippen molar-refractivity contribution in [1.82, 2.24) is 10.3 Å². The second-order valence-corrected chi connectivity index (χ2v) is 10.7. The third-order valence-electron chi connectivity index (χ3n) is 4.93. The normalized spacial score (nSPS) is 13.4. The second-order valence-electron chi connectivity index (χ2n) is 7.78. The van der Waals surface area contributed by atoms with E-state index in [2.05, 4.69) is 15.6 Å². The first-order chi connectivity index (χ1) is 15.8. The van der Waals surface area contributed by atoms with Crippen LogP contribution in [0.25, 0.3) is 10.6 Å². The molecule has 4 rings (SSSR count). The molecule has 2 amide bonds. The van der Waals surface area contributed by atoms with Gasteiger partial charge in [-0.3, -0.25) is 9.59 Å². The number of amides is 2. The fraction of sp³-hybridized carbons (Fsp3) is 0.261. The van der Waals surface area contributed by atoms with E-state index in [0.29, 0.717) is 22.0 Å². The maximum Gasteiger partial charge on any atom is 0.251 e. The van der Waals surface area contributed by atoms with Crippen molar-refractivity contribution >= 4 is 38.7 Å². The molecule has 172 valence electrons. The first-order valence-corrected chi connectivity index (χ1v) is 13.0. The summed E-state index contributed by atoms with van der Waals surface area (Å²) in [7, 11) is -2.15.